The van der Waals surface area contributed by atoms with Crippen molar-refractivity contribution in [2.45, 2.75) is 38.7 Å². The predicted octanol–water partition coefficient (Wildman–Crippen LogP) is 3.98. The molecule has 1 unspecified atom stereocenters. The fraction of sp³-hybridized carbons (Fsp3) is 0.375. The van der Waals surface area contributed by atoms with E-state index in [2.05, 4.69) is 48.0 Å². The largest absolute Gasteiger partial charge is 0.393 e. The minimum atomic E-state index is -0.189. The molecule has 1 aromatic heterocycles. The summed E-state index contributed by atoms with van der Waals surface area (Å²) in [4.78, 5) is 0. The Balaban J connectivity index is 1.71. The average molecular weight is 260 g/mol. The van der Waals surface area contributed by atoms with Crippen molar-refractivity contribution in [2.75, 3.05) is 0 Å². The van der Waals surface area contributed by atoms with Crippen LogP contribution in [0.2, 0.25) is 0 Å². The van der Waals surface area contributed by atoms with Crippen LogP contribution in [0.15, 0.2) is 41.1 Å². The van der Waals surface area contributed by atoms with E-state index in [4.69, 9.17) is 0 Å². The van der Waals surface area contributed by atoms with Crippen LogP contribution in [0.1, 0.15) is 29.5 Å². The first kappa shape index (κ1) is 13.3. The van der Waals surface area contributed by atoms with Gasteiger partial charge < -0.3 is 5.11 Å². The van der Waals surface area contributed by atoms with Crippen LogP contribution in [0.4, 0.5) is 0 Å². The molecule has 1 atom stereocenters. The molecule has 0 amide bonds. The first-order chi connectivity index (χ1) is 8.74. The van der Waals surface area contributed by atoms with Crippen LogP contribution in [-0.4, -0.2) is 11.2 Å². The summed E-state index contributed by atoms with van der Waals surface area (Å²) in [5, 5.41) is 14.2. The maximum absolute atomic E-state index is 9.97. The zero-order valence-corrected chi connectivity index (χ0v) is 11.6. The molecule has 96 valence electrons. The third kappa shape index (κ3) is 4.28. The third-order valence-electron chi connectivity index (χ3n) is 3.23. The highest BCUT2D eigenvalue weighted by Gasteiger charge is 2.05. The zero-order valence-electron chi connectivity index (χ0n) is 10.8. The van der Waals surface area contributed by atoms with E-state index in [1.165, 1.54) is 16.7 Å². The Labute approximate surface area is 113 Å². The lowest BCUT2D eigenvalue weighted by Crippen LogP contribution is -2.09. The van der Waals surface area contributed by atoms with E-state index in [-0.39, 0.29) is 6.10 Å². The van der Waals surface area contributed by atoms with E-state index in [1.807, 2.05) is 0 Å². The number of aliphatic hydroxyl groups excluding tert-OH is 1. The molecule has 0 radical (unpaired) electrons. The van der Waals surface area contributed by atoms with Gasteiger partial charge in [-0.2, -0.15) is 11.3 Å². The van der Waals surface area contributed by atoms with Crippen LogP contribution in [0, 0.1) is 6.92 Å². The molecule has 1 nitrogen and oxygen atoms in total. The van der Waals surface area contributed by atoms with Gasteiger partial charge in [-0.05, 0) is 60.6 Å². The smallest absolute Gasteiger partial charge is 0.0546 e. The molecular weight excluding hydrogens is 240 g/mol. The molecule has 0 aliphatic rings. The predicted molar refractivity (Wildman–Crippen MR) is 78.1 cm³/mol. The van der Waals surface area contributed by atoms with Crippen LogP contribution >= 0.6 is 11.3 Å². The molecule has 0 fully saturated rings. The summed E-state index contributed by atoms with van der Waals surface area (Å²) in [5.41, 5.74) is 3.95. The van der Waals surface area contributed by atoms with Crippen molar-refractivity contribution < 1.29 is 5.11 Å². The molecule has 0 spiro atoms. The second-order valence-electron chi connectivity index (χ2n) is 4.85. The number of aryl methyl sites for hydroxylation is 3. The van der Waals surface area contributed by atoms with Gasteiger partial charge in [-0.1, -0.05) is 29.8 Å². The maximum Gasteiger partial charge on any atom is 0.0546 e. The molecule has 2 aromatic rings. The Kier molecular flexibility index (Phi) is 4.97. The number of hydrogen-bond donors (Lipinski definition) is 1. The van der Waals surface area contributed by atoms with Gasteiger partial charge in [-0.3, -0.25) is 0 Å². The highest BCUT2D eigenvalue weighted by atomic mass is 32.1. The summed E-state index contributed by atoms with van der Waals surface area (Å²) in [6, 6.07) is 10.7. The van der Waals surface area contributed by atoms with Crippen LogP contribution in [0.25, 0.3) is 0 Å². The van der Waals surface area contributed by atoms with E-state index in [9.17, 15) is 5.11 Å². The number of thiophene rings is 1. The lowest BCUT2D eigenvalue weighted by atomic mass is 10.0. The van der Waals surface area contributed by atoms with Gasteiger partial charge in [0.25, 0.3) is 0 Å². The molecule has 1 N–H and O–H groups in total. The van der Waals surface area contributed by atoms with Crippen LogP contribution < -0.4 is 0 Å². The summed E-state index contributed by atoms with van der Waals surface area (Å²) >= 11 is 1.72. The van der Waals surface area contributed by atoms with E-state index in [0.717, 1.165) is 25.7 Å². The lowest BCUT2D eigenvalue weighted by Gasteiger charge is -2.10. The van der Waals surface area contributed by atoms with E-state index in [0.29, 0.717) is 0 Å². The quantitative estimate of drug-likeness (QED) is 0.833. The van der Waals surface area contributed by atoms with Crippen LogP contribution in [0.5, 0.6) is 0 Å². The zero-order chi connectivity index (χ0) is 12.8. The monoisotopic (exact) mass is 260 g/mol. The minimum absolute atomic E-state index is 0.189. The van der Waals surface area contributed by atoms with E-state index >= 15 is 0 Å². The van der Waals surface area contributed by atoms with Crippen LogP contribution in [0.3, 0.4) is 0 Å². The molecule has 1 heterocycles. The fourth-order valence-electron chi connectivity index (χ4n) is 2.00. The maximum atomic E-state index is 9.97. The second kappa shape index (κ2) is 6.72. The minimum Gasteiger partial charge on any atom is -0.393 e. The normalized spacial score (nSPS) is 12.6. The fourth-order valence-corrected chi connectivity index (χ4v) is 2.70. The number of aliphatic hydroxyl groups is 1. The Morgan fingerprint density at radius 2 is 1.67 bits per heavy atom. The summed E-state index contributed by atoms with van der Waals surface area (Å²) in [6.07, 6.45) is 3.48. The molecule has 0 aliphatic heterocycles. The van der Waals surface area contributed by atoms with Gasteiger partial charge >= 0.3 is 0 Å². The first-order valence-corrected chi connectivity index (χ1v) is 7.43. The SMILES string of the molecule is Cc1ccc(CCC(O)CCc2ccsc2)cc1. The Morgan fingerprint density at radius 1 is 1.00 bits per heavy atom. The Morgan fingerprint density at radius 3 is 2.28 bits per heavy atom. The van der Waals surface area contributed by atoms with E-state index in [1.54, 1.807) is 11.3 Å². The standard InChI is InChI=1S/C16H20OS/c1-13-2-4-14(5-3-13)6-8-16(17)9-7-15-10-11-18-12-15/h2-5,10-12,16-17H,6-9H2,1H3. The molecule has 18 heavy (non-hydrogen) atoms. The highest BCUT2D eigenvalue weighted by Crippen LogP contribution is 2.13. The number of hydrogen-bond acceptors (Lipinski definition) is 2. The van der Waals surface area contributed by atoms with Crippen molar-refractivity contribution in [3.63, 3.8) is 0 Å². The molecule has 0 saturated carbocycles. The van der Waals surface area contributed by atoms with Crippen molar-refractivity contribution in [1.82, 2.24) is 0 Å². The van der Waals surface area contributed by atoms with Gasteiger partial charge in [0, 0.05) is 0 Å². The molecule has 2 rings (SSSR count). The second-order valence-corrected chi connectivity index (χ2v) is 5.63. The summed E-state index contributed by atoms with van der Waals surface area (Å²) in [6.45, 7) is 2.10. The molecule has 0 aliphatic carbocycles. The number of rotatable bonds is 6. The summed E-state index contributed by atoms with van der Waals surface area (Å²) in [7, 11) is 0. The van der Waals surface area contributed by atoms with Gasteiger partial charge in [0.05, 0.1) is 6.10 Å². The molecule has 0 bridgehead atoms. The van der Waals surface area contributed by atoms with Crippen molar-refractivity contribution in [2.24, 2.45) is 0 Å². The summed E-state index contributed by atoms with van der Waals surface area (Å²) in [5.74, 6) is 0. The topological polar surface area (TPSA) is 20.2 Å². The molecular formula is C16H20OS. The van der Waals surface area contributed by atoms with Gasteiger partial charge in [0.1, 0.15) is 0 Å². The molecule has 2 heteroatoms. The van der Waals surface area contributed by atoms with Crippen molar-refractivity contribution in [1.29, 1.82) is 0 Å². The molecule has 1 aromatic carbocycles. The summed E-state index contributed by atoms with van der Waals surface area (Å²) < 4.78 is 0. The van der Waals surface area contributed by atoms with Gasteiger partial charge in [0.2, 0.25) is 0 Å². The third-order valence-corrected chi connectivity index (χ3v) is 3.97. The Hall–Kier alpha value is -1.12. The van der Waals surface area contributed by atoms with Crippen molar-refractivity contribution in [3.05, 3.63) is 57.8 Å². The van der Waals surface area contributed by atoms with Gasteiger partial charge in [-0.25, -0.2) is 0 Å². The van der Waals surface area contributed by atoms with Crippen LogP contribution in [-0.2, 0) is 12.8 Å². The first-order valence-electron chi connectivity index (χ1n) is 6.49. The Bertz CT molecular complexity index is 444. The molecule has 0 saturated heterocycles. The lowest BCUT2D eigenvalue weighted by molar-refractivity contribution is 0.155. The number of benzene rings is 1. The van der Waals surface area contributed by atoms with E-state index < -0.39 is 0 Å². The average Bonchev–Trinajstić information content (AvgIpc) is 2.89. The van der Waals surface area contributed by atoms with Crippen molar-refractivity contribution >= 4 is 11.3 Å². The van der Waals surface area contributed by atoms with Gasteiger partial charge in [-0.15, -0.1) is 0 Å². The van der Waals surface area contributed by atoms with Gasteiger partial charge in [0.15, 0.2) is 0 Å². The van der Waals surface area contributed by atoms with Crippen molar-refractivity contribution in [3.8, 4) is 0 Å². The highest BCUT2D eigenvalue weighted by molar-refractivity contribution is 7.07.